The van der Waals surface area contributed by atoms with Crippen LogP contribution in [0.5, 0.6) is 0 Å². The van der Waals surface area contributed by atoms with Crippen molar-refractivity contribution in [3.8, 4) is 0 Å². The number of hydrogen-bond donors (Lipinski definition) is 1. The summed E-state index contributed by atoms with van der Waals surface area (Å²) in [5, 5.41) is 2.08. The Kier molecular flexibility index (Phi) is 3.69. The number of rotatable bonds is 3. The third-order valence-electron chi connectivity index (χ3n) is 2.42. The van der Waals surface area contributed by atoms with E-state index in [9.17, 15) is 0 Å². The molecule has 0 aromatic carbocycles. The summed E-state index contributed by atoms with van der Waals surface area (Å²) in [5.41, 5.74) is 7.64. The third kappa shape index (κ3) is 2.98. The van der Waals surface area contributed by atoms with Gasteiger partial charge in [0.1, 0.15) is 0 Å². The molecule has 90 valence electrons. The maximum absolute atomic E-state index is 5.94. The van der Waals surface area contributed by atoms with Gasteiger partial charge in [0.2, 0.25) is 0 Å². The van der Waals surface area contributed by atoms with Crippen LogP contribution in [-0.2, 0) is 6.54 Å². The Labute approximate surface area is 113 Å². The first-order chi connectivity index (χ1) is 8.06. The highest BCUT2D eigenvalue weighted by Gasteiger charge is 2.09. The van der Waals surface area contributed by atoms with E-state index in [0.717, 1.165) is 22.5 Å². The average molecular weight is 312 g/mol. The molecule has 0 spiro atoms. The molecule has 0 aliphatic rings. The molecule has 0 bridgehead atoms. The highest BCUT2D eigenvalue weighted by molar-refractivity contribution is 9.10. The summed E-state index contributed by atoms with van der Waals surface area (Å²) in [4.78, 5) is 7.82. The lowest BCUT2D eigenvalue weighted by Crippen LogP contribution is -2.18. The fraction of sp³-hybridized carbons (Fsp3) is 0.250. The Hall–Kier alpha value is -1.07. The minimum absolute atomic E-state index is 0.716. The Morgan fingerprint density at radius 3 is 2.88 bits per heavy atom. The minimum atomic E-state index is 0.716. The van der Waals surface area contributed by atoms with Crippen LogP contribution >= 0.6 is 27.3 Å². The highest BCUT2D eigenvalue weighted by atomic mass is 79.9. The van der Waals surface area contributed by atoms with Crippen molar-refractivity contribution in [2.24, 2.45) is 0 Å². The van der Waals surface area contributed by atoms with Gasteiger partial charge in [-0.15, -0.1) is 11.3 Å². The molecule has 0 unspecified atom stereocenters. The number of nitrogen functional groups attached to an aromatic ring is 1. The summed E-state index contributed by atoms with van der Waals surface area (Å²) in [7, 11) is 2.01. The van der Waals surface area contributed by atoms with Crippen molar-refractivity contribution in [3.63, 3.8) is 0 Å². The van der Waals surface area contributed by atoms with Crippen LogP contribution in [0.1, 0.15) is 10.6 Å². The number of hydrogen-bond acceptors (Lipinski definition) is 4. The molecular weight excluding hydrogens is 298 g/mol. The maximum Gasteiger partial charge on any atom is 0.152 e. The lowest BCUT2D eigenvalue weighted by Gasteiger charge is -2.19. The lowest BCUT2D eigenvalue weighted by molar-refractivity contribution is 0.908. The molecule has 2 heterocycles. The van der Waals surface area contributed by atoms with Crippen LogP contribution in [0, 0.1) is 6.92 Å². The molecule has 2 aromatic heterocycles. The first kappa shape index (κ1) is 12.4. The fourth-order valence-corrected chi connectivity index (χ4v) is 3.11. The van der Waals surface area contributed by atoms with E-state index in [1.807, 2.05) is 26.1 Å². The molecule has 0 aliphatic carbocycles. The SMILES string of the molecule is Cc1ccc(N)c(N(C)Cc2cc(Br)cs2)n1. The zero-order valence-corrected chi connectivity index (χ0v) is 12.2. The highest BCUT2D eigenvalue weighted by Crippen LogP contribution is 2.25. The Bertz CT molecular complexity index is 524. The van der Waals surface area contributed by atoms with Crippen molar-refractivity contribution in [2.75, 3.05) is 17.7 Å². The quantitative estimate of drug-likeness (QED) is 0.944. The van der Waals surface area contributed by atoms with Crippen LogP contribution < -0.4 is 10.6 Å². The van der Waals surface area contributed by atoms with E-state index in [2.05, 4.69) is 37.3 Å². The van der Waals surface area contributed by atoms with Gasteiger partial charge in [-0.25, -0.2) is 4.98 Å². The first-order valence-corrected chi connectivity index (χ1v) is 6.90. The molecule has 2 rings (SSSR count). The molecule has 0 atom stereocenters. The molecule has 0 amide bonds. The second-order valence-corrected chi connectivity index (χ2v) is 5.86. The van der Waals surface area contributed by atoms with Gasteiger partial charge in [0.05, 0.1) is 12.2 Å². The van der Waals surface area contributed by atoms with Crippen molar-refractivity contribution in [1.82, 2.24) is 4.98 Å². The zero-order valence-electron chi connectivity index (χ0n) is 9.77. The van der Waals surface area contributed by atoms with Gasteiger partial charge >= 0.3 is 0 Å². The fourth-order valence-electron chi connectivity index (χ4n) is 1.60. The molecule has 2 N–H and O–H groups in total. The largest absolute Gasteiger partial charge is 0.396 e. The standard InChI is InChI=1S/C12H14BrN3S/c1-8-3-4-11(14)12(15-8)16(2)6-10-5-9(13)7-17-10/h3-5,7H,6,14H2,1-2H3. The van der Waals surface area contributed by atoms with E-state index in [1.54, 1.807) is 11.3 Å². The molecule has 17 heavy (non-hydrogen) atoms. The van der Waals surface area contributed by atoms with Crippen molar-refractivity contribution < 1.29 is 0 Å². The maximum atomic E-state index is 5.94. The second-order valence-electron chi connectivity index (χ2n) is 3.95. The summed E-state index contributed by atoms with van der Waals surface area (Å²) in [6.07, 6.45) is 0. The van der Waals surface area contributed by atoms with Crippen molar-refractivity contribution >= 4 is 38.8 Å². The number of nitrogens with two attached hydrogens (primary N) is 1. The summed E-state index contributed by atoms with van der Waals surface area (Å²) in [6, 6.07) is 5.94. The number of anilines is 2. The number of aromatic nitrogens is 1. The normalized spacial score (nSPS) is 10.5. The molecular formula is C12H14BrN3S. The van der Waals surface area contributed by atoms with Crippen molar-refractivity contribution in [1.29, 1.82) is 0 Å². The average Bonchev–Trinajstić information content (AvgIpc) is 2.67. The monoisotopic (exact) mass is 311 g/mol. The first-order valence-electron chi connectivity index (χ1n) is 5.23. The van der Waals surface area contributed by atoms with Gasteiger partial charge in [-0.2, -0.15) is 0 Å². The van der Waals surface area contributed by atoms with E-state index < -0.39 is 0 Å². The number of aryl methyl sites for hydroxylation is 1. The van der Waals surface area contributed by atoms with Crippen LogP contribution in [0.4, 0.5) is 11.5 Å². The van der Waals surface area contributed by atoms with Gasteiger partial charge in [-0.05, 0) is 41.1 Å². The van der Waals surface area contributed by atoms with E-state index in [0.29, 0.717) is 5.69 Å². The number of pyridine rings is 1. The summed E-state index contributed by atoms with van der Waals surface area (Å²) in [5.74, 6) is 0.842. The predicted molar refractivity (Wildman–Crippen MR) is 77.5 cm³/mol. The smallest absolute Gasteiger partial charge is 0.152 e. The van der Waals surface area contributed by atoms with E-state index in [1.165, 1.54) is 4.88 Å². The van der Waals surface area contributed by atoms with Crippen LogP contribution in [0.3, 0.4) is 0 Å². The molecule has 2 aromatic rings. The van der Waals surface area contributed by atoms with Crippen LogP contribution in [0.15, 0.2) is 28.1 Å². The lowest BCUT2D eigenvalue weighted by atomic mass is 10.3. The third-order valence-corrected chi connectivity index (χ3v) is 4.10. The molecule has 0 saturated heterocycles. The van der Waals surface area contributed by atoms with Gasteiger partial charge in [0.25, 0.3) is 0 Å². The van der Waals surface area contributed by atoms with Gasteiger partial charge in [-0.1, -0.05) is 0 Å². The molecule has 0 fully saturated rings. The van der Waals surface area contributed by atoms with Crippen LogP contribution in [0.25, 0.3) is 0 Å². The number of halogens is 1. The number of nitrogens with zero attached hydrogens (tertiary/aromatic N) is 2. The van der Waals surface area contributed by atoms with Crippen molar-refractivity contribution in [2.45, 2.75) is 13.5 Å². The molecule has 0 aliphatic heterocycles. The summed E-state index contributed by atoms with van der Waals surface area (Å²) >= 11 is 5.18. The van der Waals surface area contributed by atoms with E-state index >= 15 is 0 Å². The van der Waals surface area contributed by atoms with Gasteiger partial charge < -0.3 is 10.6 Å². The molecule has 0 radical (unpaired) electrons. The predicted octanol–water partition coefficient (Wildman–Crippen LogP) is 3.43. The van der Waals surface area contributed by atoms with Crippen LogP contribution in [0.2, 0.25) is 0 Å². The van der Waals surface area contributed by atoms with E-state index in [-0.39, 0.29) is 0 Å². The number of thiophene rings is 1. The summed E-state index contributed by atoms with van der Waals surface area (Å²) in [6.45, 7) is 2.79. The Balaban J connectivity index is 2.19. The molecule has 5 heteroatoms. The van der Waals surface area contributed by atoms with E-state index in [4.69, 9.17) is 5.73 Å². The Morgan fingerprint density at radius 1 is 1.47 bits per heavy atom. The topological polar surface area (TPSA) is 42.1 Å². The Morgan fingerprint density at radius 2 is 2.24 bits per heavy atom. The van der Waals surface area contributed by atoms with Gasteiger partial charge in [0.15, 0.2) is 5.82 Å². The van der Waals surface area contributed by atoms with Crippen molar-refractivity contribution in [3.05, 3.63) is 38.6 Å². The zero-order chi connectivity index (χ0) is 12.4. The molecule has 0 saturated carbocycles. The molecule has 3 nitrogen and oxygen atoms in total. The second kappa shape index (κ2) is 5.06. The van der Waals surface area contributed by atoms with Gasteiger partial charge in [0, 0.05) is 27.5 Å². The van der Waals surface area contributed by atoms with Gasteiger partial charge in [-0.3, -0.25) is 0 Å². The minimum Gasteiger partial charge on any atom is -0.396 e. The summed E-state index contributed by atoms with van der Waals surface area (Å²) < 4.78 is 1.12. The van der Waals surface area contributed by atoms with Crippen LogP contribution in [-0.4, -0.2) is 12.0 Å².